The van der Waals surface area contributed by atoms with Crippen LogP contribution in [0.1, 0.15) is 25.7 Å². The summed E-state index contributed by atoms with van der Waals surface area (Å²) in [5.41, 5.74) is -1.08. The first kappa shape index (κ1) is 14.5. The Morgan fingerprint density at radius 1 is 1.14 bits per heavy atom. The van der Waals surface area contributed by atoms with Gasteiger partial charge in [-0.15, -0.1) is 0 Å². The second-order valence-corrected chi connectivity index (χ2v) is 7.27. The summed E-state index contributed by atoms with van der Waals surface area (Å²) in [6.45, 7) is 0.201. The van der Waals surface area contributed by atoms with Gasteiger partial charge in [-0.2, -0.15) is 4.31 Å². The van der Waals surface area contributed by atoms with E-state index in [0.29, 0.717) is 12.8 Å². The Labute approximate surface area is 122 Å². The molecule has 0 atom stereocenters. The highest BCUT2D eigenvalue weighted by molar-refractivity contribution is 7.89. The number of hydrogen-bond acceptors (Lipinski definition) is 4. The first-order valence-electron chi connectivity index (χ1n) is 6.92. The van der Waals surface area contributed by atoms with E-state index in [-0.39, 0.29) is 18.0 Å². The Hall–Kier alpha value is -1.47. The molecule has 3 rings (SSSR count). The Kier molecular flexibility index (Phi) is 3.49. The average Bonchev–Trinajstić information content (AvgIpc) is 2.92. The van der Waals surface area contributed by atoms with Crippen LogP contribution in [0.3, 0.4) is 0 Å². The van der Waals surface area contributed by atoms with Crippen LogP contribution in [-0.4, -0.2) is 37.4 Å². The maximum absolute atomic E-state index is 13.0. The predicted octanol–water partition coefficient (Wildman–Crippen LogP) is 1.69. The molecule has 2 fully saturated rings. The Balaban J connectivity index is 2.04. The van der Waals surface area contributed by atoms with Crippen LogP contribution < -0.4 is 0 Å². The van der Waals surface area contributed by atoms with Crippen LogP contribution in [0.5, 0.6) is 0 Å². The topological polar surface area (TPSA) is 63.7 Å². The molecule has 7 heteroatoms. The molecule has 5 nitrogen and oxygen atoms in total. The summed E-state index contributed by atoms with van der Waals surface area (Å²) in [5.74, 6) is -0.959. The minimum Gasteiger partial charge on any atom is -0.463 e. The van der Waals surface area contributed by atoms with Gasteiger partial charge in [0.1, 0.15) is 18.0 Å². The highest BCUT2D eigenvalue weighted by Gasteiger charge is 2.54. The molecule has 0 bridgehead atoms. The monoisotopic (exact) mass is 313 g/mol. The quantitative estimate of drug-likeness (QED) is 0.779. The SMILES string of the molecule is O=C1OCCN(S(=O)(=O)c2ccc(F)cc2)C12CCCC2. The number of halogens is 1. The van der Waals surface area contributed by atoms with Gasteiger partial charge in [0.2, 0.25) is 10.0 Å². The zero-order chi connectivity index (χ0) is 15.1. The van der Waals surface area contributed by atoms with Crippen molar-refractivity contribution >= 4 is 16.0 Å². The van der Waals surface area contributed by atoms with Crippen molar-refractivity contribution in [1.29, 1.82) is 0 Å². The number of benzene rings is 1. The largest absolute Gasteiger partial charge is 0.463 e. The molecular formula is C14H16FNO4S. The summed E-state index contributed by atoms with van der Waals surface area (Å²) >= 11 is 0. The van der Waals surface area contributed by atoms with Crippen molar-refractivity contribution in [1.82, 2.24) is 4.31 Å². The number of hydrogen-bond donors (Lipinski definition) is 0. The van der Waals surface area contributed by atoms with Crippen molar-refractivity contribution in [2.24, 2.45) is 0 Å². The van der Waals surface area contributed by atoms with Crippen molar-refractivity contribution < 1.29 is 22.3 Å². The average molecular weight is 313 g/mol. The zero-order valence-electron chi connectivity index (χ0n) is 11.4. The molecule has 1 spiro atoms. The molecule has 1 saturated carbocycles. The molecular weight excluding hydrogens is 297 g/mol. The predicted molar refractivity (Wildman–Crippen MR) is 72.4 cm³/mol. The van der Waals surface area contributed by atoms with Gasteiger partial charge >= 0.3 is 5.97 Å². The number of ether oxygens (including phenoxy) is 1. The van der Waals surface area contributed by atoms with Crippen molar-refractivity contribution in [2.45, 2.75) is 36.1 Å². The third-order valence-electron chi connectivity index (χ3n) is 4.22. The van der Waals surface area contributed by atoms with Crippen molar-refractivity contribution in [3.05, 3.63) is 30.1 Å². The maximum atomic E-state index is 13.0. The standard InChI is InChI=1S/C14H16FNO4S/c15-11-3-5-12(6-4-11)21(18,19)16-9-10-20-13(17)14(16)7-1-2-8-14/h3-6H,1-2,7-10H2. The first-order valence-corrected chi connectivity index (χ1v) is 8.36. The summed E-state index contributed by atoms with van der Waals surface area (Å²) in [6.07, 6.45) is 2.55. The van der Waals surface area contributed by atoms with E-state index >= 15 is 0 Å². The molecule has 2 aliphatic rings. The van der Waals surface area contributed by atoms with E-state index in [2.05, 4.69) is 0 Å². The van der Waals surface area contributed by atoms with Crippen molar-refractivity contribution in [3.63, 3.8) is 0 Å². The van der Waals surface area contributed by atoms with Crippen LogP contribution in [0, 0.1) is 5.82 Å². The molecule has 0 aromatic heterocycles. The fraction of sp³-hybridized carbons (Fsp3) is 0.500. The minimum absolute atomic E-state index is 0.00451. The highest BCUT2D eigenvalue weighted by atomic mass is 32.2. The molecule has 0 unspecified atom stereocenters. The van der Waals surface area contributed by atoms with E-state index in [1.54, 1.807) is 0 Å². The number of esters is 1. The summed E-state index contributed by atoms with van der Waals surface area (Å²) in [4.78, 5) is 12.2. The molecule has 1 aromatic rings. The van der Waals surface area contributed by atoms with Gasteiger partial charge in [0.25, 0.3) is 0 Å². The van der Waals surface area contributed by atoms with Gasteiger partial charge in [-0.3, -0.25) is 4.79 Å². The van der Waals surface area contributed by atoms with Gasteiger partial charge in [-0.05, 0) is 37.1 Å². The molecule has 1 aliphatic carbocycles. The lowest BCUT2D eigenvalue weighted by Gasteiger charge is -2.41. The third kappa shape index (κ3) is 2.24. The van der Waals surface area contributed by atoms with Gasteiger partial charge in [-0.25, -0.2) is 12.8 Å². The highest BCUT2D eigenvalue weighted by Crippen LogP contribution is 2.41. The van der Waals surface area contributed by atoms with E-state index < -0.39 is 27.3 Å². The number of rotatable bonds is 2. The van der Waals surface area contributed by atoms with Crippen LogP contribution in [0.25, 0.3) is 0 Å². The molecule has 1 heterocycles. The lowest BCUT2D eigenvalue weighted by atomic mass is 9.97. The van der Waals surface area contributed by atoms with Gasteiger partial charge < -0.3 is 4.74 Å². The van der Waals surface area contributed by atoms with Crippen LogP contribution >= 0.6 is 0 Å². The Bertz CT molecular complexity index is 650. The normalized spacial score (nSPS) is 22.4. The molecule has 1 aromatic carbocycles. The van der Waals surface area contributed by atoms with E-state index in [0.717, 1.165) is 25.0 Å². The molecule has 21 heavy (non-hydrogen) atoms. The lowest BCUT2D eigenvalue weighted by molar-refractivity contribution is -0.162. The fourth-order valence-corrected chi connectivity index (χ4v) is 4.94. The molecule has 1 aliphatic heterocycles. The van der Waals surface area contributed by atoms with Crippen LogP contribution in [0.15, 0.2) is 29.2 Å². The van der Waals surface area contributed by atoms with Crippen LogP contribution in [-0.2, 0) is 19.6 Å². The maximum Gasteiger partial charge on any atom is 0.327 e. The molecule has 114 valence electrons. The van der Waals surface area contributed by atoms with E-state index in [9.17, 15) is 17.6 Å². The Morgan fingerprint density at radius 2 is 1.76 bits per heavy atom. The lowest BCUT2D eigenvalue weighted by Crippen LogP contribution is -2.60. The zero-order valence-corrected chi connectivity index (χ0v) is 12.2. The summed E-state index contributed by atoms with van der Waals surface area (Å²) < 4.78 is 44.9. The van der Waals surface area contributed by atoms with E-state index in [1.165, 1.54) is 16.4 Å². The molecule has 0 amide bonds. The third-order valence-corrected chi connectivity index (χ3v) is 6.20. The van der Waals surface area contributed by atoms with Gasteiger partial charge in [0.15, 0.2) is 0 Å². The Morgan fingerprint density at radius 3 is 2.38 bits per heavy atom. The number of sulfonamides is 1. The van der Waals surface area contributed by atoms with E-state index in [1.807, 2.05) is 0 Å². The van der Waals surface area contributed by atoms with E-state index in [4.69, 9.17) is 4.74 Å². The second kappa shape index (κ2) is 5.06. The van der Waals surface area contributed by atoms with Gasteiger partial charge in [-0.1, -0.05) is 12.8 Å². The number of nitrogens with zero attached hydrogens (tertiary/aromatic N) is 1. The fourth-order valence-electron chi connectivity index (χ4n) is 3.17. The molecule has 0 radical (unpaired) electrons. The van der Waals surface area contributed by atoms with Crippen LogP contribution in [0.2, 0.25) is 0 Å². The number of morpholine rings is 1. The molecule has 1 saturated heterocycles. The first-order chi connectivity index (χ1) is 9.97. The summed E-state index contributed by atoms with van der Waals surface area (Å²) in [7, 11) is -3.84. The van der Waals surface area contributed by atoms with Gasteiger partial charge in [0, 0.05) is 6.54 Å². The summed E-state index contributed by atoms with van der Waals surface area (Å²) in [6, 6.07) is 4.67. The number of cyclic esters (lactones) is 1. The number of carbonyl (C=O) groups is 1. The van der Waals surface area contributed by atoms with Crippen molar-refractivity contribution in [2.75, 3.05) is 13.2 Å². The minimum atomic E-state index is -3.84. The van der Waals surface area contributed by atoms with Gasteiger partial charge in [0.05, 0.1) is 4.90 Å². The number of carbonyl (C=O) groups excluding carboxylic acids is 1. The summed E-state index contributed by atoms with van der Waals surface area (Å²) in [5, 5.41) is 0. The second-order valence-electron chi connectivity index (χ2n) is 5.41. The molecule has 0 N–H and O–H groups in total. The van der Waals surface area contributed by atoms with Crippen molar-refractivity contribution in [3.8, 4) is 0 Å². The smallest absolute Gasteiger partial charge is 0.327 e. The van der Waals surface area contributed by atoms with Crippen LogP contribution in [0.4, 0.5) is 4.39 Å².